The van der Waals surface area contributed by atoms with Gasteiger partial charge in [0.1, 0.15) is 0 Å². The molecule has 0 amide bonds. The van der Waals surface area contributed by atoms with Gasteiger partial charge in [0.15, 0.2) is 18.1 Å². The summed E-state index contributed by atoms with van der Waals surface area (Å²) in [6, 6.07) is 15.2. The summed E-state index contributed by atoms with van der Waals surface area (Å²) in [5, 5.41) is 0. The molecule has 2 aromatic carbocycles. The molecular formula is C20H25N5O4. The van der Waals surface area contributed by atoms with Gasteiger partial charge in [-0.05, 0) is 29.8 Å². The lowest BCUT2D eigenvalue weighted by atomic mass is 10.1. The standard InChI is InChI=1S/C20H25N5O4/c21-18(28-16(26)14-6-2-1-3-7-14)20(23,24)19(22)29-17(27)15-8-4-5-13(11-15)12-25-9-10-25/h1-8,11,18-19H,9-10,12,21-24H2. The molecule has 1 fully saturated rings. The molecule has 0 aromatic heterocycles. The third-order valence-electron chi connectivity index (χ3n) is 4.57. The molecule has 1 aliphatic heterocycles. The van der Waals surface area contributed by atoms with Crippen molar-refractivity contribution >= 4 is 11.9 Å². The summed E-state index contributed by atoms with van der Waals surface area (Å²) in [5.74, 6) is -1.42. The van der Waals surface area contributed by atoms with Crippen LogP contribution in [-0.4, -0.2) is 48.0 Å². The molecule has 2 atom stereocenters. The summed E-state index contributed by atoms with van der Waals surface area (Å²) < 4.78 is 10.3. The molecule has 9 heteroatoms. The Balaban J connectivity index is 1.61. The number of carbonyl (C=O) groups is 2. The van der Waals surface area contributed by atoms with Gasteiger partial charge in [-0.1, -0.05) is 30.3 Å². The van der Waals surface area contributed by atoms with Crippen molar-refractivity contribution in [3.63, 3.8) is 0 Å². The summed E-state index contributed by atoms with van der Waals surface area (Å²) in [7, 11) is 0. The van der Waals surface area contributed by atoms with Crippen molar-refractivity contribution in [3.8, 4) is 0 Å². The lowest BCUT2D eigenvalue weighted by Crippen LogP contribution is -2.73. The molecule has 1 aliphatic rings. The Morgan fingerprint density at radius 2 is 1.45 bits per heavy atom. The first-order valence-corrected chi connectivity index (χ1v) is 9.14. The third kappa shape index (κ3) is 5.37. The van der Waals surface area contributed by atoms with E-state index in [-0.39, 0.29) is 5.56 Å². The highest BCUT2D eigenvalue weighted by atomic mass is 16.6. The molecule has 2 unspecified atom stereocenters. The van der Waals surface area contributed by atoms with Gasteiger partial charge in [-0.25, -0.2) is 9.59 Å². The predicted octanol–water partition coefficient (Wildman–Crippen LogP) is -0.301. The average molecular weight is 399 g/mol. The van der Waals surface area contributed by atoms with Crippen LogP contribution in [0.5, 0.6) is 0 Å². The highest BCUT2D eigenvalue weighted by Gasteiger charge is 2.40. The predicted molar refractivity (Wildman–Crippen MR) is 106 cm³/mol. The topological polar surface area (TPSA) is 160 Å². The van der Waals surface area contributed by atoms with Crippen LogP contribution in [0.4, 0.5) is 0 Å². The molecule has 154 valence electrons. The number of hydrogen-bond acceptors (Lipinski definition) is 9. The summed E-state index contributed by atoms with van der Waals surface area (Å²) in [4.78, 5) is 26.8. The Hall–Kier alpha value is -2.82. The van der Waals surface area contributed by atoms with Crippen LogP contribution < -0.4 is 22.9 Å². The molecule has 1 heterocycles. The van der Waals surface area contributed by atoms with Crippen LogP contribution in [0.3, 0.4) is 0 Å². The Kier molecular flexibility index (Phi) is 6.26. The molecule has 3 rings (SSSR count). The highest BCUT2D eigenvalue weighted by Crippen LogP contribution is 2.16. The van der Waals surface area contributed by atoms with Gasteiger partial charge in [0, 0.05) is 19.6 Å². The maximum Gasteiger partial charge on any atom is 0.339 e. The second-order valence-corrected chi connectivity index (χ2v) is 6.99. The highest BCUT2D eigenvalue weighted by molar-refractivity contribution is 5.90. The van der Waals surface area contributed by atoms with Crippen molar-refractivity contribution in [2.24, 2.45) is 22.9 Å². The van der Waals surface area contributed by atoms with E-state index in [9.17, 15) is 9.59 Å². The molecule has 8 N–H and O–H groups in total. The first-order chi connectivity index (χ1) is 13.8. The molecule has 0 radical (unpaired) electrons. The molecular weight excluding hydrogens is 374 g/mol. The molecule has 0 spiro atoms. The van der Waals surface area contributed by atoms with Crippen LogP contribution in [0, 0.1) is 0 Å². The number of esters is 2. The fourth-order valence-corrected chi connectivity index (χ4v) is 2.59. The average Bonchev–Trinajstić information content (AvgIpc) is 3.52. The van der Waals surface area contributed by atoms with Gasteiger partial charge in [-0.3, -0.25) is 16.4 Å². The largest absolute Gasteiger partial charge is 0.439 e. The number of rotatable bonds is 8. The van der Waals surface area contributed by atoms with Gasteiger partial charge in [0.2, 0.25) is 0 Å². The number of nitrogens with two attached hydrogens (primary N) is 4. The van der Waals surface area contributed by atoms with Gasteiger partial charge in [-0.15, -0.1) is 0 Å². The van der Waals surface area contributed by atoms with Crippen LogP contribution in [0.1, 0.15) is 26.3 Å². The SMILES string of the molecule is NC(OC(=O)c1ccccc1)C(N)(N)C(N)OC(=O)c1cccc(CN2CC2)c1. The molecule has 2 aromatic rings. The molecule has 0 bridgehead atoms. The quantitative estimate of drug-likeness (QED) is 0.265. The minimum absolute atomic E-state index is 0.271. The Labute approximate surface area is 168 Å². The van der Waals surface area contributed by atoms with Crippen molar-refractivity contribution in [1.82, 2.24) is 4.90 Å². The van der Waals surface area contributed by atoms with Crippen LogP contribution in [0.2, 0.25) is 0 Å². The van der Waals surface area contributed by atoms with E-state index in [1.807, 2.05) is 6.07 Å². The number of ether oxygens (including phenoxy) is 2. The molecule has 29 heavy (non-hydrogen) atoms. The fraction of sp³-hybridized carbons (Fsp3) is 0.300. The Morgan fingerprint density at radius 3 is 2.03 bits per heavy atom. The van der Waals surface area contributed by atoms with E-state index in [0.29, 0.717) is 5.56 Å². The van der Waals surface area contributed by atoms with E-state index in [4.69, 9.17) is 32.4 Å². The smallest absolute Gasteiger partial charge is 0.339 e. The van der Waals surface area contributed by atoms with Crippen LogP contribution >= 0.6 is 0 Å². The van der Waals surface area contributed by atoms with Crippen molar-refractivity contribution in [1.29, 1.82) is 0 Å². The van der Waals surface area contributed by atoms with Crippen LogP contribution in [0.15, 0.2) is 54.6 Å². The molecule has 1 saturated heterocycles. The Morgan fingerprint density at radius 1 is 0.897 bits per heavy atom. The second-order valence-electron chi connectivity index (χ2n) is 6.99. The zero-order valence-corrected chi connectivity index (χ0v) is 15.9. The fourth-order valence-electron chi connectivity index (χ4n) is 2.59. The monoisotopic (exact) mass is 399 g/mol. The zero-order valence-electron chi connectivity index (χ0n) is 15.9. The van der Waals surface area contributed by atoms with E-state index >= 15 is 0 Å². The third-order valence-corrected chi connectivity index (χ3v) is 4.57. The first kappa shape index (κ1) is 20.9. The minimum Gasteiger partial charge on any atom is -0.439 e. The maximum atomic E-state index is 12.4. The number of carbonyl (C=O) groups excluding carboxylic acids is 2. The normalized spacial score (nSPS) is 16.0. The van der Waals surface area contributed by atoms with Crippen molar-refractivity contribution in [3.05, 3.63) is 71.3 Å². The van der Waals surface area contributed by atoms with Gasteiger partial charge in [0.25, 0.3) is 0 Å². The van der Waals surface area contributed by atoms with E-state index in [1.165, 1.54) is 0 Å². The molecule has 9 nitrogen and oxygen atoms in total. The van der Waals surface area contributed by atoms with Crippen LogP contribution in [-0.2, 0) is 16.0 Å². The zero-order chi connectivity index (χ0) is 21.0. The van der Waals surface area contributed by atoms with E-state index in [1.54, 1.807) is 48.5 Å². The van der Waals surface area contributed by atoms with E-state index in [0.717, 1.165) is 25.2 Å². The summed E-state index contributed by atoms with van der Waals surface area (Å²) in [5.41, 5.74) is 23.1. The second kappa shape index (κ2) is 8.68. The molecule has 0 aliphatic carbocycles. The van der Waals surface area contributed by atoms with Gasteiger partial charge >= 0.3 is 11.9 Å². The summed E-state index contributed by atoms with van der Waals surface area (Å²) in [6.45, 7) is 2.84. The van der Waals surface area contributed by atoms with Gasteiger partial charge < -0.3 is 20.9 Å². The van der Waals surface area contributed by atoms with E-state index < -0.39 is 30.1 Å². The first-order valence-electron chi connectivity index (χ1n) is 9.14. The van der Waals surface area contributed by atoms with Crippen molar-refractivity contribution in [2.75, 3.05) is 13.1 Å². The van der Waals surface area contributed by atoms with Crippen molar-refractivity contribution < 1.29 is 19.1 Å². The van der Waals surface area contributed by atoms with Crippen molar-refractivity contribution in [2.45, 2.75) is 24.7 Å². The maximum absolute atomic E-state index is 12.4. The number of nitrogens with zero attached hydrogens (tertiary/aromatic N) is 1. The molecule has 0 saturated carbocycles. The summed E-state index contributed by atoms with van der Waals surface area (Å²) in [6.07, 6.45) is -3.02. The van der Waals surface area contributed by atoms with Gasteiger partial charge in [0.05, 0.1) is 11.1 Å². The summed E-state index contributed by atoms with van der Waals surface area (Å²) >= 11 is 0. The Bertz CT molecular complexity index is 870. The number of benzene rings is 2. The minimum atomic E-state index is -2.00. The van der Waals surface area contributed by atoms with Gasteiger partial charge in [-0.2, -0.15) is 0 Å². The van der Waals surface area contributed by atoms with E-state index in [2.05, 4.69) is 4.90 Å². The number of hydrogen-bond donors (Lipinski definition) is 4. The lowest BCUT2D eigenvalue weighted by Gasteiger charge is -2.34. The van der Waals surface area contributed by atoms with Crippen LogP contribution in [0.25, 0.3) is 0 Å². The lowest BCUT2D eigenvalue weighted by molar-refractivity contribution is -0.0409.